The van der Waals surface area contributed by atoms with Crippen LogP contribution in [0.5, 0.6) is 0 Å². The second-order valence-corrected chi connectivity index (χ2v) is 4.21. The van der Waals surface area contributed by atoms with Gasteiger partial charge in [0.1, 0.15) is 17.7 Å². The van der Waals surface area contributed by atoms with Crippen molar-refractivity contribution >= 4 is 5.91 Å². The number of hydrogen-bond donors (Lipinski definition) is 2. The van der Waals surface area contributed by atoms with Crippen molar-refractivity contribution in [2.45, 2.75) is 13.0 Å². The molecular weight excluding hydrogens is 249 g/mol. The van der Waals surface area contributed by atoms with Gasteiger partial charge in [-0.25, -0.2) is 4.39 Å². The summed E-state index contributed by atoms with van der Waals surface area (Å²) in [5.41, 5.74) is 0.696. The van der Waals surface area contributed by atoms with E-state index in [2.05, 4.69) is 5.32 Å². The average molecular weight is 263 g/mol. The maximum atomic E-state index is 13.3. The van der Waals surface area contributed by atoms with E-state index < -0.39 is 17.8 Å². The molecule has 100 valence electrons. The molecule has 0 radical (unpaired) electrons. The molecule has 5 heteroatoms. The molecule has 0 spiro atoms. The molecule has 19 heavy (non-hydrogen) atoms. The van der Waals surface area contributed by atoms with Crippen LogP contribution in [0, 0.1) is 12.7 Å². The van der Waals surface area contributed by atoms with Crippen LogP contribution in [0.4, 0.5) is 4.39 Å². The minimum atomic E-state index is -0.922. The van der Waals surface area contributed by atoms with E-state index >= 15 is 0 Å². The Kier molecular flexibility index (Phi) is 3.97. The van der Waals surface area contributed by atoms with Crippen LogP contribution in [-0.4, -0.2) is 17.6 Å². The molecule has 0 saturated heterocycles. The topological polar surface area (TPSA) is 62.5 Å². The van der Waals surface area contributed by atoms with E-state index in [-0.39, 0.29) is 12.1 Å². The van der Waals surface area contributed by atoms with Gasteiger partial charge in [-0.1, -0.05) is 6.07 Å². The quantitative estimate of drug-likeness (QED) is 0.888. The second-order valence-electron chi connectivity index (χ2n) is 4.21. The van der Waals surface area contributed by atoms with Gasteiger partial charge in [-0.2, -0.15) is 0 Å². The summed E-state index contributed by atoms with van der Waals surface area (Å²) in [6.07, 6.45) is 0.518. The van der Waals surface area contributed by atoms with Gasteiger partial charge < -0.3 is 14.8 Å². The second kappa shape index (κ2) is 5.67. The number of aryl methyl sites for hydroxylation is 1. The molecule has 0 bridgehead atoms. The molecule has 0 saturated carbocycles. The van der Waals surface area contributed by atoms with Crippen LogP contribution in [-0.2, 0) is 0 Å². The number of hydrogen-bond acceptors (Lipinski definition) is 3. The molecule has 2 N–H and O–H groups in total. The van der Waals surface area contributed by atoms with Crippen LogP contribution in [0.15, 0.2) is 41.0 Å². The fourth-order valence-electron chi connectivity index (χ4n) is 1.61. The number of benzene rings is 1. The molecule has 1 aromatic heterocycles. The molecule has 1 aromatic carbocycles. The average Bonchev–Trinajstić information content (AvgIpc) is 2.92. The Morgan fingerprint density at radius 1 is 1.47 bits per heavy atom. The lowest BCUT2D eigenvalue weighted by Crippen LogP contribution is -2.28. The number of furan rings is 1. The highest BCUT2D eigenvalue weighted by Crippen LogP contribution is 2.13. The zero-order valence-corrected chi connectivity index (χ0v) is 10.4. The summed E-state index contributed by atoms with van der Waals surface area (Å²) >= 11 is 0. The molecule has 4 nitrogen and oxygen atoms in total. The van der Waals surface area contributed by atoms with Crippen LogP contribution >= 0.6 is 0 Å². The number of carbonyl (C=O) groups is 1. The molecule has 0 aliphatic carbocycles. The van der Waals surface area contributed by atoms with Crippen LogP contribution in [0.3, 0.4) is 0 Å². The first-order valence-corrected chi connectivity index (χ1v) is 5.83. The summed E-state index contributed by atoms with van der Waals surface area (Å²) < 4.78 is 18.3. The minimum absolute atomic E-state index is 0.00183. The molecular formula is C14H14FNO3. The number of halogens is 1. The summed E-state index contributed by atoms with van der Waals surface area (Å²) in [7, 11) is 0. The van der Waals surface area contributed by atoms with Crippen LogP contribution < -0.4 is 5.32 Å². The first-order chi connectivity index (χ1) is 9.08. The lowest BCUT2D eigenvalue weighted by molar-refractivity contribution is 0.0900. The molecule has 2 rings (SSSR count). The Balaban J connectivity index is 1.96. The van der Waals surface area contributed by atoms with E-state index in [4.69, 9.17) is 4.42 Å². The Hall–Kier alpha value is -2.14. The maximum Gasteiger partial charge on any atom is 0.251 e. The van der Waals surface area contributed by atoms with E-state index in [1.165, 1.54) is 24.5 Å². The van der Waals surface area contributed by atoms with E-state index in [0.29, 0.717) is 11.3 Å². The highest BCUT2D eigenvalue weighted by Gasteiger charge is 2.13. The number of aliphatic hydroxyl groups excluding tert-OH is 1. The number of nitrogens with one attached hydrogen (secondary N) is 1. The number of amides is 1. The Morgan fingerprint density at radius 3 is 2.89 bits per heavy atom. The van der Waals surface area contributed by atoms with Crippen molar-refractivity contribution in [2.75, 3.05) is 6.54 Å². The Morgan fingerprint density at radius 2 is 2.26 bits per heavy atom. The highest BCUT2D eigenvalue weighted by molar-refractivity contribution is 5.94. The fourth-order valence-corrected chi connectivity index (χ4v) is 1.61. The monoisotopic (exact) mass is 263 g/mol. The Labute approximate surface area is 109 Å². The van der Waals surface area contributed by atoms with Crippen molar-refractivity contribution in [1.82, 2.24) is 5.32 Å². The van der Waals surface area contributed by atoms with Crippen molar-refractivity contribution in [1.29, 1.82) is 0 Å². The number of rotatable bonds is 4. The van der Waals surface area contributed by atoms with Crippen molar-refractivity contribution in [3.63, 3.8) is 0 Å². The molecule has 0 fully saturated rings. The van der Waals surface area contributed by atoms with Crippen molar-refractivity contribution in [3.8, 4) is 0 Å². The lowest BCUT2D eigenvalue weighted by Gasteiger charge is -2.10. The minimum Gasteiger partial charge on any atom is -0.467 e. The molecule has 1 amide bonds. The van der Waals surface area contributed by atoms with Crippen LogP contribution in [0.25, 0.3) is 0 Å². The lowest BCUT2D eigenvalue weighted by atomic mass is 10.1. The molecule has 1 unspecified atom stereocenters. The summed E-state index contributed by atoms with van der Waals surface area (Å²) in [5.74, 6) is -0.501. The van der Waals surface area contributed by atoms with Crippen molar-refractivity contribution in [2.24, 2.45) is 0 Å². The molecule has 0 aliphatic rings. The summed E-state index contributed by atoms with van der Waals surface area (Å²) in [5, 5.41) is 12.2. The van der Waals surface area contributed by atoms with Gasteiger partial charge in [0.05, 0.1) is 12.8 Å². The molecule has 1 heterocycles. The summed E-state index contributed by atoms with van der Waals surface area (Å²) in [6, 6.07) is 7.50. The highest BCUT2D eigenvalue weighted by atomic mass is 19.1. The van der Waals surface area contributed by atoms with E-state index in [0.717, 1.165) is 0 Å². The first kappa shape index (κ1) is 13.3. The largest absolute Gasteiger partial charge is 0.467 e. The number of carbonyl (C=O) groups excluding carboxylic acids is 1. The molecule has 0 aliphatic heterocycles. The van der Waals surface area contributed by atoms with Crippen LogP contribution in [0.2, 0.25) is 0 Å². The van der Waals surface area contributed by atoms with Gasteiger partial charge in [0.2, 0.25) is 0 Å². The van der Waals surface area contributed by atoms with E-state index in [1.54, 1.807) is 19.1 Å². The van der Waals surface area contributed by atoms with Crippen molar-refractivity contribution in [3.05, 3.63) is 59.3 Å². The third-order valence-electron chi connectivity index (χ3n) is 2.76. The molecule has 1 atom stereocenters. The Bertz CT molecular complexity index is 566. The predicted molar refractivity (Wildman–Crippen MR) is 67.1 cm³/mol. The third-order valence-corrected chi connectivity index (χ3v) is 2.76. The first-order valence-electron chi connectivity index (χ1n) is 5.83. The van der Waals surface area contributed by atoms with Gasteiger partial charge in [-0.3, -0.25) is 4.79 Å². The summed E-state index contributed by atoms with van der Waals surface area (Å²) in [4.78, 5) is 11.8. The van der Waals surface area contributed by atoms with Gasteiger partial charge in [0.15, 0.2) is 0 Å². The SMILES string of the molecule is Cc1ccc(C(=O)NCC(O)c2ccco2)cc1F. The predicted octanol–water partition coefficient (Wildman–Crippen LogP) is 2.19. The van der Waals surface area contributed by atoms with Crippen molar-refractivity contribution < 1.29 is 18.7 Å². The van der Waals surface area contributed by atoms with Gasteiger partial charge >= 0.3 is 0 Å². The summed E-state index contributed by atoms with van der Waals surface area (Å²) in [6.45, 7) is 1.62. The molecule has 2 aromatic rings. The van der Waals surface area contributed by atoms with Gasteiger partial charge in [-0.15, -0.1) is 0 Å². The van der Waals surface area contributed by atoms with Gasteiger partial charge in [0.25, 0.3) is 5.91 Å². The smallest absolute Gasteiger partial charge is 0.251 e. The normalized spacial score (nSPS) is 12.2. The van der Waals surface area contributed by atoms with Crippen LogP contribution in [0.1, 0.15) is 27.8 Å². The fraction of sp³-hybridized carbons (Fsp3) is 0.214. The van der Waals surface area contributed by atoms with Gasteiger partial charge in [-0.05, 0) is 36.8 Å². The number of aliphatic hydroxyl groups is 1. The zero-order valence-electron chi connectivity index (χ0n) is 10.4. The third kappa shape index (κ3) is 3.20. The zero-order chi connectivity index (χ0) is 13.8. The van der Waals surface area contributed by atoms with E-state index in [1.807, 2.05) is 0 Å². The standard InChI is InChI=1S/C14H14FNO3/c1-9-4-5-10(7-11(9)15)14(18)16-8-12(17)13-3-2-6-19-13/h2-7,12,17H,8H2,1H3,(H,16,18). The maximum absolute atomic E-state index is 13.3. The van der Waals surface area contributed by atoms with Gasteiger partial charge in [0, 0.05) is 5.56 Å². The van der Waals surface area contributed by atoms with E-state index in [9.17, 15) is 14.3 Å².